The lowest BCUT2D eigenvalue weighted by Crippen LogP contribution is -2.13. The molecule has 0 bridgehead atoms. The van der Waals surface area contributed by atoms with E-state index in [4.69, 9.17) is 4.42 Å². The number of hydrogen-bond donors (Lipinski definition) is 2. The zero-order valence-corrected chi connectivity index (χ0v) is 14.4. The van der Waals surface area contributed by atoms with Gasteiger partial charge in [0.2, 0.25) is 0 Å². The fraction of sp³-hybridized carbons (Fsp3) is 0.286. The first kappa shape index (κ1) is 16.1. The molecule has 7 heteroatoms. The van der Waals surface area contributed by atoms with Gasteiger partial charge in [-0.2, -0.15) is 0 Å². The molecular formula is C14H17BrN2O3S. The lowest BCUT2D eigenvalue weighted by molar-refractivity contribution is 0.466. The Morgan fingerprint density at radius 1 is 1.19 bits per heavy atom. The lowest BCUT2D eigenvalue weighted by atomic mass is 10.2. The molecule has 2 rings (SSSR count). The van der Waals surface area contributed by atoms with Crippen LogP contribution in [0.4, 0.5) is 5.69 Å². The van der Waals surface area contributed by atoms with Gasteiger partial charge in [0.15, 0.2) is 0 Å². The van der Waals surface area contributed by atoms with Gasteiger partial charge >= 0.3 is 0 Å². The van der Waals surface area contributed by atoms with E-state index in [0.29, 0.717) is 23.8 Å². The van der Waals surface area contributed by atoms with Gasteiger partial charge in [0, 0.05) is 10.5 Å². The largest absolute Gasteiger partial charge is 0.464 e. The van der Waals surface area contributed by atoms with Gasteiger partial charge in [-0.3, -0.25) is 4.72 Å². The number of nitrogens with one attached hydrogen (secondary N) is 2. The van der Waals surface area contributed by atoms with Crippen molar-refractivity contribution in [2.45, 2.75) is 25.3 Å². The first-order chi connectivity index (χ1) is 9.81. The summed E-state index contributed by atoms with van der Waals surface area (Å²) in [5, 5.41) is 2.93. The monoisotopic (exact) mass is 372 g/mol. The molecule has 0 unspecified atom stereocenters. The third kappa shape index (κ3) is 3.87. The summed E-state index contributed by atoms with van der Waals surface area (Å²) in [6.45, 7) is 4.02. The molecule has 5 nitrogen and oxygen atoms in total. The molecule has 0 radical (unpaired) electrons. The number of aryl methyl sites for hydroxylation is 2. The standard InChI is InChI=1S/C14H17BrN2O3S/c1-9-4-11(15)6-12(5-9)17-21(18,19)14-7-13(8-16-3)20-10(14)2/h4-7,16-17H,8H2,1-3H3. The number of rotatable bonds is 5. The third-order valence-electron chi connectivity index (χ3n) is 2.86. The zero-order valence-electron chi connectivity index (χ0n) is 12.0. The maximum atomic E-state index is 12.5. The molecule has 0 amide bonds. The fourth-order valence-corrected chi connectivity index (χ4v) is 3.91. The van der Waals surface area contributed by atoms with Crippen molar-refractivity contribution >= 4 is 31.6 Å². The van der Waals surface area contributed by atoms with Crippen LogP contribution >= 0.6 is 15.9 Å². The number of halogens is 1. The van der Waals surface area contributed by atoms with Crippen molar-refractivity contribution in [1.29, 1.82) is 0 Å². The average molecular weight is 373 g/mol. The van der Waals surface area contributed by atoms with Crippen molar-refractivity contribution in [2.24, 2.45) is 0 Å². The highest BCUT2D eigenvalue weighted by Crippen LogP contribution is 2.25. The smallest absolute Gasteiger partial charge is 0.265 e. The highest BCUT2D eigenvalue weighted by atomic mass is 79.9. The summed E-state index contributed by atoms with van der Waals surface area (Å²) in [6.07, 6.45) is 0. The van der Waals surface area contributed by atoms with E-state index in [9.17, 15) is 8.42 Å². The van der Waals surface area contributed by atoms with Crippen LogP contribution in [0.3, 0.4) is 0 Å². The Morgan fingerprint density at radius 3 is 2.52 bits per heavy atom. The maximum absolute atomic E-state index is 12.5. The van der Waals surface area contributed by atoms with Crippen LogP contribution in [0.5, 0.6) is 0 Å². The molecule has 0 aliphatic rings. The van der Waals surface area contributed by atoms with E-state index in [1.165, 1.54) is 0 Å². The highest BCUT2D eigenvalue weighted by Gasteiger charge is 2.21. The molecule has 0 atom stereocenters. The molecule has 0 saturated heterocycles. The molecule has 1 aromatic heterocycles. The van der Waals surface area contributed by atoms with Gasteiger partial charge in [0.1, 0.15) is 16.4 Å². The van der Waals surface area contributed by atoms with Crippen molar-refractivity contribution in [3.05, 3.63) is 45.8 Å². The topological polar surface area (TPSA) is 71.3 Å². The summed E-state index contributed by atoms with van der Waals surface area (Å²) >= 11 is 3.35. The second kappa shape index (κ2) is 6.21. The molecule has 1 aromatic carbocycles. The van der Waals surface area contributed by atoms with E-state index in [1.54, 1.807) is 32.2 Å². The maximum Gasteiger partial charge on any atom is 0.265 e. The summed E-state index contributed by atoms with van der Waals surface area (Å²) in [7, 11) is -1.89. The van der Waals surface area contributed by atoms with Crippen molar-refractivity contribution < 1.29 is 12.8 Å². The van der Waals surface area contributed by atoms with Gasteiger partial charge in [-0.15, -0.1) is 0 Å². The van der Waals surface area contributed by atoms with Crippen molar-refractivity contribution in [2.75, 3.05) is 11.8 Å². The summed E-state index contributed by atoms with van der Waals surface area (Å²) in [6, 6.07) is 6.94. The quantitative estimate of drug-likeness (QED) is 0.845. The summed E-state index contributed by atoms with van der Waals surface area (Å²) in [5.74, 6) is 0.959. The minimum atomic E-state index is -3.67. The van der Waals surface area contributed by atoms with Gasteiger partial charge in [-0.25, -0.2) is 8.42 Å². The average Bonchev–Trinajstić information content (AvgIpc) is 2.69. The van der Waals surface area contributed by atoms with Crippen LogP contribution < -0.4 is 10.0 Å². The normalized spacial score (nSPS) is 11.6. The van der Waals surface area contributed by atoms with E-state index in [0.717, 1.165) is 10.0 Å². The third-order valence-corrected chi connectivity index (χ3v) is 4.80. The SMILES string of the molecule is CNCc1cc(S(=O)(=O)Nc2cc(C)cc(Br)c2)c(C)o1. The first-order valence-electron chi connectivity index (χ1n) is 6.36. The molecule has 0 aliphatic carbocycles. The Hall–Kier alpha value is -1.31. The molecular weight excluding hydrogens is 356 g/mol. The van der Waals surface area contributed by atoms with Crippen LogP contribution in [0, 0.1) is 13.8 Å². The van der Waals surface area contributed by atoms with Crippen LogP contribution in [0.25, 0.3) is 0 Å². The summed E-state index contributed by atoms with van der Waals surface area (Å²) in [5.41, 5.74) is 1.47. The van der Waals surface area contributed by atoms with Crippen molar-refractivity contribution in [3.63, 3.8) is 0 Å². The molecule has 21 heavy (non-hydrogen) atoms. The molecule has 0 saturated carbocycles. The van der Waals surface area contributed by atoms with Gasteiger partial charge in [-0.05, 0) is 44.7 Å². The molecule has 0 aliphatic heterocycles. The summed E-state index contributed by atoms with van der Waals surface area (Å²) < 4.78 is 33.7. The molecule has 1 heterocycles. The zero-order chi connectivity index (χ0) is 15.6. The molecule has 2 aromatic rings. The van der Waals surface area contributed by atoms with E-state index in [2.05, 4.69) is 26.0 Å². The molecule has 0 fully saturated rings. The Kier molecular flexibility index (Phi) is 4.75. The Labute approximate surface area is 132 Å². The molecule has 2 N–H and O–H groups in total. The predicted molar refractivity (Wildman–Crippen MR) is 85.9 cm³/mol. The molecule has 0 spiro atoms. The minimum absolute atomic E-state index is 0.158. The lowest BCUT2D eigenvalue weighted by Gasteiger charge is -2.08. The van der Waals surface area contributed by atoms with E-state index >= 15 is 0 Å². The highest BCUT2D eigenvalue weighted by molar-refractivity contribution is 9.10. The van der Waals surface area contributed by atoms with E-state index in [1.807, 2.05) is 13.0 Å². The number of anilines is 1. The van der Waals surface area contributed by atoms with Gasteiger partial charge in [0.25, 0.3) is 10.0 Å². The Balaban J connectivity index is 2.33. The van der Waals surface area contributed by atoms with Crippen LogP contribution in [-0.4, -0.2) is 15.5 Å². The van der Waals surface area contributed by atoms with Crippen LogP contribution in [0.1, 0.15) is 17.1 Å². The second-order valence-electron chi connectivity index (χ2n) is 4.79. The second-order valence-corrected chi connectivity index (χ2v) is 7.35. The van der Waals surface area contributed by atoms with E-state index < -0.39 is 10.0 Å². The predicted octanol–water partition coefficient (Wildman–Crippen LogP) is 3.18. The van der Waals surface area contributed by atoms with Crippen LogP contribution in [0.15, 0.2) is 38.1 Å². The van der Waals surface area contributed by atoms with Crippen LogP contribution in [0.2, 0.25) is 0 Å². The fourth-order valence-electron chi connectivity index (χ4n) is 2.06. The Bertz CT molecular complexity index is 733. The van der Waals surface area contributed by atoms with Crippen molar-refractivity contribution in [3.8, 4) is 0 Å². The first-order valence-corrected chi connectivity index (χ1v) is 8.63. The van der Waals surface area contributed by atoms with Crippen LogP contribution in [-0.2, 0) is 16.6 Å². The minimum Gasteiger partial charge on any atom is -0.464 e. The van der Waals surface area contributed by atoms with E-state index in [-0.39, 0.29) is 4.90 Å². The Morgan fingerprint density at radius 2 is 1.90 bits per heavy atom. The number of benzene rings is 1. The summed E-state index contributed by atoms with van der Waals surface area (Å²) in [4.78, 5) is 0.158. The number of sulfonamides is 1. The van der Waals surface area contributed by atoms with Crippen molar-refractivity contribution in [1.82, 2.24) is 5.32 Å². The number of furan rings is 1. The molecule has 114 valence electrons. The van der Waals surface area contributed by atoms with Gasteiger partial charge in [-0.1, -0.05) is 15.9 Å². The van der Waals surface area contributed by atoms with Gasteiger partial charge in [0.05, 0.1) is 12.2 Å². The van der Waals surface area contributed by atoms with Gasteiger partial charge < -0.3 is 9.73 Å². The number of hydrogen-bond acceptors (Lipinski definition) is 4.